The van der Waals surface area contributed by atoms with E-state index in [0.717, 1.165) is 44.5 Å². The molecular formula is C48H27N3OS. The molecule has 0 amide bonds. The van der Waals surface area contributed by atoms with E-state index in [1.54, 1.807) is 0 Å². The molecule has 0 saturated heterocycles. The molecule has 0 fully saturated rings. The molecular weight excluding hydrogens is 667 g/mol. The Bertz CT molecular complexity index is 3650. The predicted octanol–water partition coefficient (Wildman–Crippen LogP) is 14.0. The summed E-state index contributed by atoms with van der Waals surface area (Å²) in [5, 5.41) is 9.90. The zero-order valence-electron chi connectivity index (χ0n) is 28.2. The van der Waals surface area contributed by atoms with E-state index in [1.165, 1.54) is 69.3 Å². The molecule has 0 aliphatic carbocycles. The number of nitrogens with zero attached hydrogens (tertiary/aromatic N) is 3. The molecule has 5 heteroatoms. The van der Waals surface area contributed by atoms with Gasteiger partial charge in [0.2, 0.25) is 0 Å². The lowest BCUT2D eigenvalue weighted by atomic mass is 10.1. The maximum Gasteiger partial charge on any atom is 0.137 e. The molecule has 0 N–H and O–H groups in total. The Morgan fingerprint density at radius 2 is 0.981 bits per heavy atom. The van der Waals surface area contributed by atoms with Crippen LogP contribution in [-0.2, 0) is 0 Å². The van der Waals surface area contributed by atoms with Crippen LogP contribution >= 0.6 is 11.3 Å². The average Bonchev–Trinajstić information content (AvgIpc) is 3.96. The Morgan fingerprint density at radius 3 is 1.77 bits per heavy atom. The summed E-state index contributed by atoms with van der Waals surface area (Å²) in [6.07, 6.45) is 0. The number of benzene rings is 8. The van der Waals surface area contributed by atoms with Crippen LogP contribution in [0, 0.1) is 0 Å². The van der Waals surface area contributed by atoms with E-state index in [4.69, 9.17) is 4.42 Å². The van der Waals surface area contributed by atoms with Crippen LogP contribution in [0.5, 0.6) is 0 Å². The van der Waals surface area contributed by atoms with Crippen LogP contribution in [0.2, 0.25) is 0 Å². The third kappa shape index (κ3) is 3.54. The lowest BCUT2D eigenvalue weighted by Gasteiger charge is -2.26. The van der Waals surface area contributed by atoms with Gasteiger partial charge in [-0.1, -0.05) is 97.1 Å². The summed E-state index contributed by atoms with van der Waals surface area (Å²) < 4.78 is 14.0. The number of para-hydroxylation sites is 3. The zero-order chi connectivity index (χ0) is 34.4. The van der Waals surface area contributed by atoms with Crippen molar-refractivity contribution < 1.29 is 4.42 Å². The monoisotopic (exact) mass is 693 g/mol. The predicted molar refractivity (Wildman–Crippen MR) is 224 cm³/mol. The normalized spacial score (nSPS) is 12.5. The fraction of sp³-hybridized carbons (Fsp3) is 0. The Labute approximate surface area is 305 Å². The SMILES string of the molecule is c1ccc2c(c1)oc1cc(N(c3ccc4c(c3)n3c5ccccc5c5ccc6c7ccccc7n4c6c53)c3cccc4c3sc3ccccc34)ccc12. The molecule has 0 aliphatic heterocycles. The van der Waals surface area contributed by atoms with E-state index >= 15 is 0 Å². The van der Waals surface area contributed by atoms with Gasteiger partial charge in [0.05, 0.1) is 43.5 Å². The van der Waals surface area contributed by atoms with E-state index in [-0.39, 0.29) is 0 Å². The smallest absolute Gasteiger partial charge is 0.137 e. The molecule has 246 valence electrons. The number of fused-ring (bicyclic) bond motifs is 15. The molecule has 5 aromatic heterocycles. The van der Waals surface area contributed by atoms with Crippen molar-refractivity contribution in [2.24, 2.45) is 0 Å². The highest BCUT2D eigenvalue weighted by Crippen LogP contribution is 2.48. The summed E-state index contributed by atoms with van der Waals surface area (Å²) in [7, 11) is 0. The van der Waals surface area contributed by atoms with Crippen LogP contribution in [0.4, 0.5) is 17.1 Å². The molecule has 5 heterocycles. The summed E-state index contributed by atoms with van der Waals surface area (Å²) in [5.74, 6) is 0. The number of hydrogen-bond donors (Lipinski definition) is 0. The molecule has 4 nitrogen and oxygen atoms in total. The highest BCUT2D eigenvalue weighted by Gasteiger charge is 2.24. The number of thiophene rings is 1. The Balaban J connectivity index is 1.18. The fourth-order valence-electron chi connectivity index (χ4n) is 9.21. The third-order valence-corrected chi connectivity index (χ3v) is 12.6. The molecule has 0 bridgehead atoms. The molecule has 0 atom stereocenters. The summed E-state index contributed by atoms with van der Waals surface area (Å²) in [4.78, 5) is 2.43. The molecule has 13 aromatic rings. The molecule has 0 aliphatic rings. The number of anilines is 3. The first-order valence-electron chi connectivity index (χ1n) is 18.0. The van der Waals surface area contributed by atoms with E-state index in [0.29, 0.717) is 0 Å². The van der Waals surface area contributed by atoms with Crippen molar-refractivity contribution in [3.63, 3.8) is 0 Å². The zero-order valence-corrected chi connectivity index (χ0v) is 29.1. The van der Waals surface area contributed by atoms with Gasteiger partial charge in [0.1, 0.15) is 11.2 Å². The topological polar surface area (TPSA) is 25.2 Å². The first kappa shape index (κ1) is 27.8. The molecule has 8 aromatic carbocycles. The summed E-state index contributed by atoms with van der Waals surface area (Å²) in [6, 6.07) is 59.8. The van der Waals surface area contributed by atoms with Crippen molar-refractivity contribution >= 4 is 125 Å². The van der Waals surface area contributed by atoms with Crippen LogP contribution in [0.3, 0.4) is 0 Å². The number of furan rings is 1. The van der Waals surface area contributed by atoms with Gasteiger partial charge < -0.3 is 18.1 Å². The van der Waals surface area contributed by atoms with E-state index in [2.05, 4.69) is 171 Å². The van der Waals surface area contributed by atoms with Gasteiger partial charge in [-0.15, -0.1) is 11.3 Å². The Hall–Kier alpha value is -6.82. The van der Waals surface area contributed by atoms with Gasteiger partial charge in [-0.05, 0) is 60.7 Å². The van der Waals surface area contributed by atoms with E-state index in [9.17, 15) is 0 Å². The summed E-state index contributed by atoms with van der Waals surface area (Å²) in [5.41, 5.74) is 12.4. The van der Waals surface area contributed by atoms with Crippen LogP contribution in [0.1, 0.15) is 0 Å². The van der Waals surface area contributed by atoms with Crippen LogP contribution < -0.4 is 4.90 Å². The van der Waals surface area contributed by atoms with Crippen molar-refractivity contribution in [1.82, 2.24) is 8.80 Å². The maximum absolute atomic E-state index is 6.49. The van der Waals surface area contributed by atoms with Crippen molar-refractivity contribution in [3.05, 3.63) is 164 Å². The largest absolute Gasteiger partial charge is 0.456 e. The van der Waals surface area contributed by atoms with Gasteiger partial charge in [0, 0.05) is 65.2 Å². The van der Waals surface area contributed by atoms with Gasteiger partial charge >= 0.3 is 0 Å². The number of rotatable bonds is 3. The lowest BCUT2D eigenvalue weighted by molar-refractivity contribution is 0.669. The van der Waals surface area contributed by atoms with Crippen LogP contribution in [-0.4, -0.2) is 8.80 Å². The van der Waals surface area contributed by atoms with Gasteiger partial charge in [-0.25, -0.2) is 0 Å². The average molecular weight is 694 g/mol. The molecule has 0 unspecified atom stereocenters. The fourth-order valence-corrected chi connectivity index (χ4v) is 10.4. The number of hydrogen-bond acceptors (Lipinski definition) is 3. The van der Waals surface area contributed by atoms with Crippen LogP contribution in [0.25, 0.3) is 96.8 Å². The minimum absolute atomic E-state index is 0.878. The van der Waals surface area contributed by atoms with Crippen molar-refractivity contribution in [2.75, 3.05) is 4.90 Å². The quantitative estimate of drug-likeness (QED) is 0.172. The minimum atomic E-state index is 0.878. The van der Waals surface area contributed by atoms with Gasteiger partial charge in [0.15, 0.2) is 0 Å². The first-order chi connectivity index (χ1) is 26.3. The minimum Gasteiger partial charge on any atom is -0.456 e. The molecule has 13 rings (SSSR count). The maximum atomic E-state index is 6.49. The van der Waals surface area contributed by atoms with Gasteiger partial charge in [-0.3, -0.25) is 0 Å². The first-order valence-corrected chi connectivity index (χ1v) is 18.8. The van der Waals surface area contributed by atoms with Crippen molar-refractivity contribution in [3.8, 4) is 0 Å². The summed E-state index contributed by atoms with van der Waals surface area (Å²) >= 11 is 1.86. The molecule has 53 heavy (non-hydrogen) atoms. The molecule has 0 saturated carbocycles. The Kier molecular flexibility index (Phi) is 5.22. The Morgan fingerprint density at radius 1 is 0.396 bits per heavy atom. The van der Waals surface area contributed by atoms with Crippen molar-refractivity contribution in [2.45, 2.75) is 0 Å². The third-order valence-electron chi connectivity index (χ3n) is 11.4. The lowest BCUT2D eigenvalue weighted by Crippen LogP contribution is -2.10. The van der Waals surface area contributed by atoms with Crippen molar-refractivity contribution in [1.29, 1.82) is 0 Å². The van der Waals surface area contributed by atoms with E-state index < -0.39 is 0 Å². The molecule has 0 spiro atoms. The van der Waals surface area contributed by atoms with E-state index in [1.807, 2.05) is 17.4 Å². The summed E-state index contributed by atoms with van der Waals surface area (Å²) in [6.45, 7) is 0. The highest BCUT2D eigenvalue weighted by atomic mass is 32.1. The highest BCUT2D eigenvalue weighted by molar-refractivity contribution is 7.26. The second-order valence-corrected chi connectivity index (χ2v) is 15.2. The van der Waals surface area contributed by atoms with Gasteiger partial charge in [-0.2, -0.15) is 0 Å². The molecule has 0 radical (unpaired) electrons. The second kappa shape index (κ2) is 9.94. The number of aromatic nitrogens is 2. The van der Waals surface area contributed by atoms with Crippen LogP contribution in [0.15, 0.2) is 168 Å². The standard InChI is InChI=1S/C48H27N3OS/c1-5-15-38-30(10-1)35-23-24-36-31-11-2-6-16-39(31)51-42-26-28(21-25-40(42)50(38)46(35)47(36)51)49(29-20-22-33-32-12-3-7-18-43(32)52-44(33)27-29)41-17-9-14-37-34-13-4-8-19-45(34)53-48(37)41/h1-27H. The second-order valence-electron chi connectivity index (χ2n) is 14.1. The van der Waals surface area contributed by atoms with Gasteiger partial charge in [0.25, 0.3) is 0 Å².